The van der Waals surface area contributed by atoms with Crippen LogP contribution in [0.5, 0.6) is 0 Å². The molecule has 4 amide bonds. The molecule has 2 heterocycles. The molecule has 2 aromatic rings. The predicted molar refractivity (Wildman–Crippen MR) is 163 cm³/mol. The second kappa shape index (κ2) is 14.5. The molecule has 4 N–H and O–H groups in total. The fourth-order valence-corrected chi connectivity index (χ4v) is 5.66. The minimum absolute atomic E-state index is 0.0114. The van der Waals surface area contributed by atoms with Gasteiger partial charge in [-0.1, -0.05) is 44.2 Å². The zero-order valence-corrected chi connectivity index (χ0v) is 25.4. The Morgan fingerprint density at radius 3 is 2.27 bits per heavy atom. The second-order valence-corrected chi connectivity index (χ2v) is 11.7. The number of imide groups is 1. The average Bonchev–Trinajstić information content (AvgIpc) is 3.25. The molecule has 1 saturated heterocycles. The molecule has 236 valence electrons. The number of amides is 4. The van der Waals surface area contributed by atoms with E-state index >= 15 is 0 Å². The quantitative estimate of drug-likeness (QED) is 0.270. The van der Waals surface area contributed by atoms with E-state index in [1.807, 2.05) is 44.2 Å². The van der Waals surface area contributed by atoms with Crippen LogP contribution in [0.4, 0.5) is 5.69 Å². The van der Waals surface area contributed by atoms with Crippen LogP contribution in [0.15, 0.2) is 48.5 Å². The Labute approximate surface area is 257 Å². The Kier molecular flexibility index (Phi) is 10.7. The lowest BCUT2D eigenvalue weighted by Gasteiger charge is -2.32. The molecule has 2 aromatic carbocycles. The number of benzene rings is 2. The number of fused-ring (bicyclic) bond motifs is 1. The standard InChI is InChI=1S/C32H41N5O7/c1-20(2)17-26(31(41)35(3)27(28(33)38)18-21-7-5-4-6-8-21)34-25(32(42)43)11-12-37-29(39)23-10-9-22(19-24(23)30(37)40)36-13-15-44-16-14-36/h4-10,19-20,25-27,34H,11-18H2,1-3H3,(H2,33,38)(H,42,43)/t25-,26+,27+/m1/s1. The first-order valence-electron chi connectivity index (χ1n) is 14.9. The molecule has 1 fully saturated rings. The second-order valence-electron chi connectivity index (χ2n) is 11.7. The summed E-state index contributed by atoms with van der Waals surface area (Å²) in [7, 11) is 1.48. The van der Waals surface area contributed by atoms with Crippen LogP contribution in [-0.2, 0) is 25.5 Å². The van der Waals surface area contributed by atoms with Crippen LogP contribution in [0.2, 0.25) is 0 Å². The first-order chi connectivity index (χ1) is 21.0. The lowest BCUT2D eigenvalue weighted by atomic mass is 9.99. The number of carbonyl (C=O) groups excluding carboxylic acids is 4. The van der Waals surface area contributed by atoms with Crippen molar-refractivity contribution in [3.8, 4) is 0 Å². The monoisotopic (exact) mass is 607 g/mol. The number of ether oxygens (including phenoxy) is 1. The molecule has 0 radical (unpaired) electrons. The third-order valence-corrected chi connectivity index (χ3v) is 8.09. The molecule has 12 heteroatoms. The minimum atomic E-state index is -1.24. The number of carboxylic acid groups (broad SMARTS) is 1. The van der Waals surface area contributed by atoms with Crippen LogP contribution < -0.4 is 16.0 Å². The number of carboxylic acids is 1. The summed E-state index contributed by atoms with van der Waals surface area (Å²) < 4.78 is 5.40. The highest BCUT2D eigenvalue weighted by Gasteiger charge is 2.38. The van der Waals surface area contributed by atoms with Crippen molar-refractivity contribution in [2.75, 3.05) is 44.8 Å². The van der Waals surface area contributed by atoms with Crippen molar-refractivity contribution < 1.29 is 33.8 Å². The maximum absolute atomic E-state index is 13.7. The van der Waals surface area contributed by atoms with Crippen LogP contribution >= 0.6 is 0 Å². The van der Waals surface area contributed by atoms with E-state index < -0.39 is 47.7 Å². The van der Waals surface area contributed by atoms with Gasteiger partial charge in [-0.2, -0.15) is 0 Å². The van der Waals surface area contributed by atoms with Crippen molar-refractivity contribution in [1.29, 1.82) is 0 Å². The highest BCUT2D eigenvalue weighted by Crippen LogP contribution is 2.28. The van der Waals surface area contributed by atoms with Crippen LogP contribution in [-0.4, -0.2) is 103 Å². The zero-order valence-electron chi connectivity index (χ0n) is 25.4. The number of rotatable bonds is 14. The molecule has 44 heavy (non-hydrogen) atoms. The van der Waals surface area contributed by atoms with Gasteiger partial charge in [0, 0.05) is 38.8 Å². The number of morpholine rings is 1. The Balaban J connectivity index is 1.46. The molecule has 0 bridgehead atoms. The molecule has 4 rings (SSSR count). The van der Waals surface area contributed by atoms with Crippen molar-refractivity contribution in [1.82, 2.24) is 15.1 Å². The summed E-state index contributed by atoms with van der Waals surface area (Å²) in [5.74, 6) is -3.33. The van der Waals surface area contributed by atoms with Gasteiger partial charge >= 0.3 is 5.97 Å². The van der Waals surface area contributed by atoms with Gasteiger partial charge in [0.2, 0.25) is 11.8 Å². The largest absolute Gasteiger partial charge is 0.480 e. The lowest BCUT2D eigenvalue weighted by Crippen LogP contribution is -2.56. The SMILES string of the molecule is CC(C)C[C@H](N[C@H](CCN1C(=O)c2ccc(N3CCOCC3)cc2C1=O)C(=O)O)C(=O)N(C)[C@@H](Cc1ccccc1)C(N)=O. The first-order valence-corrected chi connectivity index (χ1v) is 14.9. The minimum Gasteiger partial charge on any atom is -0.480 e. The highest BCUT2D eigenvalue weighted by molar-refractivity contribution is 6.21. The highest BCUT2D eigenvalue weighted by atomic mass is 16.5. The molecule has 0 aliphatic carbocycles. The molecule has 2 aliphatic rings. The number of nitrogens with one attached hydrogen (secondary N) is 1. The van der Waals surface area contributed by atoms with E-state index in [0.717, 1.165) is 16.2 Å². The maximum atomic E-state index is 13.7. The number of nitrogens with zero attached hydrogens (tertiary/aromatic N) is 3. The van der Waals surface area contributed by atoms with Gasteiger partial charge in [-0.3, -0.25) is 34.2 Å². The van der Waals surface area contributed by atoms with E-state index in [0.29, 0.717) is 32.7 Å². The van der Waals surface area contributed by atoms with Gasteiger partial charge in [0.05, 0.1) is 30.4 Å². The van der Waals surface area contributed by atoms with Crippen molar-refractivity contribution in [3.63, 3.8) is 0 Å². The number of carbonyl (C=O) groups is 5. The van der Waals surface area contributed by atoms with Crippen molar-refractivity contribution in [2.24, 2.45) is 11.7 Å². The molecular formula is C32H41N5O7. The predicted octanol–water partition coefficient (Wildman–Crippen LogP) is 1.52. The van der Waals surface area contributed by atoms with E-state index in [-0.39, 0.29) is 36.4 Å². The summed E-state index contributed by atoms with van der Waals surface area (Å²) in [6, 6.07) is 11.2. The van der Waals surface area contributed by atoms with Gasteiger partial charge in [-0.15, -0.1) is 0 Å². The number of nitrogens with two attached hydrogens (primary N) is 1. The smallest absolute Gasteiger partial charge is 0.320 e. The van der Waals surface area contributed by atoms with Gasteiger partial charge in [-0.25, -0.2) is 0 Å². The van der Waals surface area contributed by atoms with E-state index in [1.54, 1.807) is 18.2 Å². The normalized spacial score (nSPS) is 16.9. The Bertz CT molecular complexity index is 1380. The Morgan fingerprint density at radius 1 is 1.00 bits per heavy atom. The van der Waals surface area contributed by atoms with E-state index in [1.165, 1.54) is 11.9 Å². The molecule has 3 atom stereocenters. The molecule has 0 spiro atoms. The summed E-state index contributed by atoms with van der Waals surface area (Å²) in [4.78, 5) is 69.2. The molecule has 2 aliphatic heterocycles. The number of likely N-dealkylation sites (N-methyl/N-ethyl adjacent to an activating group) is 1. The van der Waals surface area contributed by atoms with E-state index in [9.17, 15) is 29.1 Å². The fourth-order valence-electron chi connectivity index (χ4n) is 5.66. The van der Waals surface area contributed by atoms with Gasteiger partial charge in [-0.05, 0) is 42.5 Å². The van der Waals surface area contributed by atoms with Crippen molar-refractivity contribution in [2.45, 2.75) is 51.2 Å². The average molecular weight is 608 g/mol. The number of anilines is 1. The van der Waals surface area contributed by atoms with E-state index in [4.69, 9.17) is 10.5 Å². The molecule has 0 saturated carbocycles. The van der Waals surface area contributed by atoms with Crippen LogP contribution in [0.3, 0.4) is 0 Å². The number of hydrogen-bond donors (Lipinski definition) is 3. The lowest BCUT2D eigenvalue weighted by molar-refractivity contribution is -0.143. The topological polar surface area (TPSA) is 163 Å². The molecular weight excluding hydrogens is 566 g/mol. The summed E-state index contributed by atoms with van der Waals surface area (Å²) >= 11 is 0. The van der Waals surface area contributed by atoms with E-state index in [2.05, 4.69) is 10.2 Å². The number of hydrogen-bond acceptors (Lipinski definition) is 8. The molecule has 0 unspecified atom stereocenters. The summed E-state index contributed by atoms with van der Waals surface area (Å²) in [6.45, 7) is 6.15. The Hall–Kier alpha value is -4.29. The first kappa shape index (κ1) is 32.6. The number of aliphatic carboxylic acids is 1. The van der Waals surface area contributed by atoms with Crippen LogP contribution in [0.25, 0.3) is 0 Å². The van der Waals surface area contributed by atoms with Crippen molar-refractivity contribution >= 4 is 35.3 Å². The van der Waals surface area contributed by atoms with Gasteiger partial charge < -0.3 is 25.4 Å². The number of primary amides is 1. The molecule has 0 aromatic heterocycles. The van der Waals surface area contributed by atoms with Crippen LogP contribution in [0, 0.1) is 5.92 Å². The summed E-state index contributed by atoms with van der Waals surface area (Å²) in [5, 5.41) is 13.0. The van der Waals surface area contributed by atoms with Crippen molar-refractivity contribution in [3.05, 3.63) is 65.2 Å². The third-order valence-electron chi connectivity index (χ3n) is 8.09. The van der Waals surface area contributed by atoms with Crippen LogP contribution in [0.1, 0.15) is 53.0 Å². The van der Waals surface area contributed by atoms with Gasteiger partial charge in [0.25, 0.3) is 11.8 Å². The third kappa shape index (κ3) is 7.61. The Morgan fingerprint density at radius 2 is 1.66 bits per heavy atom. The summed E-state index contributed by atoms with van der Waals surface area (Å²) in [6.07, 6.45) is 0.384. The maximum Gasteiger partial charge on any atom is 0.320 e. The van der Waals surface area contributed by atoms with Gasteiger partial charge in [0.1, 0.15) is 12.1 Å². The molecule has 12 nitrogen and oxygen atoms in total. The van der Waals surface area contributed by atoms with Gasteiger partial charge in [0.15, 0.2) is 0 Å². The fraction of sp³-hybridized carbons (Fsp3) is 0.469. The summed E-state index contributed by atoms with van der Waals surface area (Å²) in [5.41, 5.74) is 7.88. The zero-order chi connectivity index (χ0) is 32.0.